The zero-order valence-corrected chi connectivity index (χ0v) is 12.2. The zero-order valence-electron chi connectivity index (χ0n) is 12.2. The van der Waals surface area contributed by atoms with Crippen LogP contribution in [-0.4, -0.2) is 15.6 Å². The average Bonchev–Trinajstić information content (AvgIpc) is 3.17. The Morgan fingerprint density at radius 1 is 1.25 bits per heavy atom. The highest BCUT2D eigenvalue weighted by Gasteiger charge is 2.39. The molecule has 4 rings (SSSR count). The number of fused-ring (bicyclic) bond motifs is 3. The molecule has 1 aromatic carbocycles. The first-order valence-corrected chi connectivity index (χ1v) is 8.02. The molecule has 0 spiro atoms. The molecule has 3 nitrogen and oxygen atoms in total. The molecular weight excluding hydrogens is 246 g/mol. The van der Waals surface area contributed by atoms with Crippen LogP contribution in [-0.2, 0) is 13.1 Å². The van der Waals surface area contributed by atoms with Crippen LogP contribution in [0.4, 0.5) is 0 Å². The van der Waals surface area contributed by atoms with Gasteiger partial charge < -0.3 is 9.88 Å². The number of para-hydroxylation sites is 2. The van der Waals surface area contributed by atoms with Crippen molar-refractivity contribution in [1.29, 1.82) is 0 Å². The predicted octanol–water partition coefficient (Wildman–Crippen LogP) is 3.33. The third kappa shape index (κ3) is 1.96. The van der Waals surface area contributed by atoms with Crippen molar-refractivity contribution < 1.29 is 0 Å². The summed E-state index contributed by atoms with van der Waals surface area (Å²) in [5.74, 6) is 3.12. The maximum Gasteiger partial charge on any atom is 0.123 e. The van der Waals surface area contributed by atoms with E-state index >= 15 is 0 Å². The van der Waals surface area contributed by atoms with Crippen LogP contribution in [0.3, 0.4) is 0 Å². The van der Waals surface area contributed by atoms with E-state index in [9.17, 15) is 0 Å². The highest BCUT2D eigenvalue weighted by atomic mass is 15.1. The zero-order chi connectivity index (χ0) is 13.5. The van der Waals surface area contributed by atoms with Gasteiger partial charge in [0.2, 0.25) is 0 Å². The second kappa shape index (κ2) is 4.88. The van der Waals surface area contributed by atoms with Crippen LogP contribution in [0.1, 0.15) is 38.4 Å². The molecule has 1 aromatic heterocycles. The lowest BCUT2D eigenvalue weighted by Crippen LogP contribution is -2.34. The maximum absolute atomic E-state index is 4.81. The average molecular weight is 269 g/mol. The van der Waals surface area contributed by atoms with E-state index in [1.54, 1.807) is 0 Å². The molecule has 0 saturated heterocycles. The van der Waals surface area contributed by atoms with Crippen LogP contribution < -0.4 is 5.32 Å². The standard InChI is InChI=1S/C17H23N3/c1-2-20-16-6-4-3-5-14(16)19-17(20)11-18-15-10-12-7-8-13(15)9-12/h3-6,12-13,15,18H,2,7-11H2,1H3. The van der Waals surface area contributed by atoms with Gasteiger partial charge in [-0.25, -0.2) is 4.98 Å². The van der Waals surface area contributed by atoms with Gasteiger partial charge >= 0.3 is 0 Å². The van der Waals surface area contributed by atoms with Gasteiger partial charge in [-0.15, -0.1) is 0 Å². The molecule has 0 amide bonds. The van der Waals surface area contributed by atoms with Gasteiger partial charge in [0, 0.05) is 12.6 Å². The smallest absolute Gasteiger partial charge is 0.123 e. The van der Waals surface area contributed by atoms with Gasteiger partial charge in [-0.3, -0.25) is 0 Å². The van der Waals surface area contributed by atoms with Gasteiger partial charge in [0.25, 0.3) is 0 Å². The number of hydrogen-bond acceptors (Lipinski definition) is 2. The van der Waals surface area contributed by atoms with E-state index in [0.29, 0.717) is 0 Å². The number of aromatic nitrogens is 2. The van der Waals surface area contributed by atoms with Crippen LogP contribution in [0, 0.1) is 11.8 Å². The number of hydrogen-bond donors (Lipinski definition) is 1. The predicted molar refractivity (Wildman–Crippen MR) is 81.5 cm³/mol. The Morgan fingerprint density at radius 3 is 2.90 bits per heavy atom. The summed E-state index contributed by atoms with van der Waals surface area (Å²) in [4.78, 5) is 4.81. The first-order chi connectivity index (χ1) is 9.85. The Balaban J connectivity index is 1.53. The number of benzene rings is 1. The monoisotopic (exact) mass is 269 g/mol. The van der Waals surface area contributed by atoms with E-state index in [-0.39, 0.29) is 0 Å². The fourth-order valence-electron chi connectivity index (χ4n) is 4.33. The summed E-state index contributed by atoms with van der Waals surface area (Å²) in [6.45, 7) is 4.11. The normalized spacial score (nSPS) is 28.6. The van der Waals surface area contributed by atoms with E-state index < -0.39 is 0 Å². The van der Waals surface area contributed by atoms with Crippen molar-refractivity contribution in [2.45, 2.75) is 51.7 Å². The molecule has 3 unspecified atom stereocenters. The van der Waals surface area contributed by atoms with Crippen LogP contribution in [0.2, 0.25) is 0 Å². The van der Waals surface area contributed by atoms with Crippen molar-refractivity contribution in [2.75, 3.05) is 0 Å². The SMILES string of the molecule is CCn1c(CNC2CC3CCC2C3)nc2ccccc21. The van der Waals surface area contributed by atoms with Crippen molar-refractivity contribution >= 4 is 11.0 Å². The Labute approximate surface area is 120 Å². The molecule has 3 atom stereocenters. The largest absolute Gasteiger partial charge is 0.327 e. The first kappa shape index (κ1) is 12.4. The highest BCUT2D eigenvalue weighted by Crippen LogP contribution is 2.44. The van der Waals surface area contributed by atoms with E-state index in [1.165, 1.54) is 37.0 Å². The molecule has 2 saturated carbocycles. The van der Waals surface area contributed by atoms with Crippen molar-refractivity contribution in [3.63, 3.8) is 0 Å². The molecular formula is C17H23N3. The lowest BCUT2D eigenvalue weighted by atomic mass is 9.95. The first-order valence-electron chi connectivity index (χ1n) is 8.02. The minimum Gasteiger partial charge on any atom is -0.327 e. The second-order valence-corrected chi connectivity index (χ2v) is 6.42. The van der Waals surface area contributed by atoms with Crippen LogP contribution in [0.25, 0.3) is 11.0 Å². The Bertz CT molecular complexity index is 616. The van der Waals surface area contributed by atoms with Gasteiger partial charge in [-0.05, 0) is 50.2 Å². The van der Waals surface area contributed by atoms with E-state index in [1.807, 2.05) is 0 Å². The molecule has 2 aromatic rings. The van der Waals surface area contributed by atoms with E-state index in [4.69, 9.17) is 4.98 Å². The third-order valence-corrected chi connectivity index (χ3v) is 5.31. The number of imidazole rings is 1. The molecule has 1 heterocycles. The molecule has 2 fully saturated rings. The van der Waals surface area contributed by atoms with Crippen molar-refractivity contribution in [1.82, 2.24) is 14.9 Å². The number of aryl methyl sites for hydroxylation is 1. The Morgan fingerprint density at radius 2 is 2.15 bits per heavy atom. The number of nitrogens with one attached hydrogen (secondary N) is 1. The quantitative estimate of drug-likeness (QED) is 0.922. The minimum absolute atomic E-state index is 0.735. The molecule has 20 heavy (non-hydrogen) atoms. The Kier molecular flexibility index (Phi) is 3.03. The van der Waals surface area contributed by atoms with Crippen molar-refractivity contribution in [3.8, 4) is 0 Å². The van der Waals surface area contributed by atoms with E-state index in [0.717, 1.165) is 36.5 Å². The van der Waals surface area contributed by atoms with Crippen molar-refractivity contribution in [3.05, 3.63) is 30.1 Å². The summed E-state index contributed by atoms with van der Waals surface area (Å²) in [7, 11) is 0. The van der Waals surface area contributed by atoms with Crippen LogP contribution in [0.5, 0.6) is 0 Å². The lowest BCUT2D eigenvalue weighted by Gasteiger charge is -2.22. The van der Waals surface area contributed by atoms with Crippen LogP contribution >= 0.6 is 0 Å². The highest BCUT2D eigenvalue weighted by molar-refractivity contribution is 5.75. The van der Waals surface area contributed by atoms with Gasteiger partial charge in [0.15, 0.2) is 0 Å². The molecule has 0 radical (unpaired) electrons. The number of nitrogens with zero attached hydrogens (tertiary/aromatic N) is 2. The molecule has 106 valence electrons. The summed E-state index contributed by atoms with van der Waals surface area (Å²) in [6, 6.07) is 9.19. The summed E-state index contributed by atoms with van der Waals surface area (Å²) in [5.41, 5.74) is 2.39. The van der Waals surface area contributed by atoms with Crippen LogP contribution in [0.15, 0.2) is 24.3 Å². The van der Waals surface area contributed by atoms with Gasteiger partial charge in [0.05, 0.1) is 17.6 Å². The van der Waals surface area contributed by atoms with Gasteiger partial charge in [-0.1, -0.05) is 18.6 Å². The maximum atomic E-state index is 4.81. The summed E-state index contributed by atoms with van der Waals surface area (Å²) in [6.07, 6.45) is 5.75. The fourth-order valence-corrected chi connectivity index (χ4v) is 4.33. The summed E-state index contributed by atoms with van der Waals surface area (Å²) >= 11 is 0. The van der Waals surface area contributed by atoms with E-state index in [2.05, 4.69) is 41.1 Å². The molecule has 3 heteroatoms. The minimum atomic E-state index is 0.735. The Hall–Kier alpha value is -1.35. The summed E-state index contributed by atoms with van der Waals surface area (Å²) < 4.78 is 2.34. The third-order valence-electron chi connectivity index (χ3n) is 5.31. The molecule has 1 N–H and O–H groups in total. The fraction of sp³-hybridized carbons (Fsp3) is 0.588. The number of rotatable bonds is 4. The molecule has 2 bridgehead atoms. The summed E-state index contributed by atoms with van der Waals surface area (Å²) in [5, 5.41) is 3.78. The van der Waals surface area contributed by atoms with Gasteiger partial charge in [-0.2, -0.15) is 0 Å². The lowest BCUT2D eigenvalue weighted by molar-refractivity contribution is 0.346. The van der Waals surface area contributed by atoms with Gasteiger partial charge in [0.1, 0.15) is 5.82 Å². The van der Waals surface area contributed by atoms with Crippen molar-refractivity contribution in [2.24, 2.45) is 11.8 Å². The molecule has 2 aliphatic carbocycles. The topological polar surface area (TPSA) is 29.9 Å². The molecule has 0 aliphatic heterocycles. The second-order valence-electron chi connectivity index (χ2n) is 6.42. The molecule has 2 aliphatic rings.